The van der Waals surface area contributed by atoms with Crippen LogP contribution in [-0.4, -0.2) is 64.9 Å². The summed E-state index contributed by atoms with van der Waals surface area (Å²) in [5.41, 5.74) is -0.593. The molecule has 1 saturated heterocycles. The first kappa shape index (κ1) is 15.2. The maximum Gasteiger partial charge on any atom is 0.323 e. The number of hydrogen-bond donors (Lipinski definition) is 3. The van der Waals surface area contributed by atoms with E-state index in [2.05, 4.69) is 5.32 Å². The van der Waals surface area contributed by atoms with Gasteiger partial charge in [-0.3, -0.25) is 9.59 Å². The molecule has 0 radical (unpaired) electrons. The molecule has 1 atom stereocenters. The number of urea groups is 1. The summed E-state index contributed by atoms with van der Waals surface area (Å²) in [6.45, 7) is 1.42. The molecule has 108 valence electrons. The van der Waals surface area contributed by atoms with Crippen LogP contribution in [0.3, 0.4) is 0 Å². The zero-order valence-electron chi connectivity index (χ0n) is 10.7. The smallest absolute Gasteiger partial charge is 0.323 e. The van der Waals surface area contributed by atoms with E-state index in [4.69, 9.17) is 14.9 Å². The normalized spacial score (nSPS) is 22.6. The summed E-state index contributed by atoms with van der Waals surface area (Å²) < 4.78 is 5.26. The molecule has 0 spiro atoms. The van der Waals surface area contributed by atoms with E-state index in [1.54, 1.807) is 6.92 Å². The largest absolute Gasteiger partial charge is 0.480 e. The van der Waals surface area contributed by atoms with Crippen molar-refractivity contribution in [2.45, 2.75) is 25.3 Å². The molecule has 1 fully saturated rings. The molecule has 1 aliphatic heterocycles. The van der Waals surface area contributed by atoms with Crippen LogP contribution in [0.2, 0.25) is 0 Å². The predicted octanol–water partition coefficient (Wildman–Crippen LogP) is -0.264. The molecule has 0 aromatic heterocycles. The lowest BCUT2D eigenvalue weighted by atomic mass is 9.95. The molecule has 0 aromatic rings. The summed E-state index contributed by atoms with van der Waals surface area (Å²) in [4.78, 5) is 33.9. The Labute approximate surface area is 110 Å². The average molecular weight is 274 g/mol. The fourth-order valence-electron chi connectivity index (χ4n) is 1.90. The quantitative estimate of drug-likeness (QED) is 0.636. The maximum absolute atomic E-state index is 11.9. The number of carbonyl (C=O) groups is 3. The second kappa shape index (κ2) is 6.37. The first-order valence-corrected chi connectivity index (χ1v) is 5.91. The van der Waals surface area contributed by atoms with Gasteiger partial charge in [0, 0.05) is 6.61 Å². The van der Waals surface area contributed by atoms with Crippen LogP contribution in [0.1, 0.15) is 19.8 Å². The number of hydrogen-bond acceptors (Lipinski definition) is 4. The van der Waals surface area contributed by atoms with Gasteiger partial charge in [-0.2, -0.15) is 0 Å². The lowest BCUT2D eigenvalue weighted by Gasteiger charge is -2.35. The molecule has 1 rings (SSSR count). The van der Waals surface area contributed by atoms with Gasteiger partial charge in [-0.15, -0.1) is 0 Å². The summed E-state index contributed by atoms with van der Waals surface area (Å²) >= 11 is 0. The minimum Gasteiger partial charge on any atom is -0.480 e. The van der Waals surface area contributed by atoms with Crippen LogP contribution in [0.5, 0.6) is 0 Å². The van der Waals surface area contributed by atoms with Crippen molar-refractivity contribution in [1.29, 1.82) is 0 Å². The molecular weight excluding hydrogens is 256 g/mol. The van der Waals surface area contributed by atoms with Crippen molar-refractivity contribution in [1.82, 2.24) is 10.2 Å². The Bertz CT molecular complexity index is 348. The number of carboxylic acid groups (broad SMARTS) is 2. The van der Waals surface area contributed by atoms with Crippen molar-refractivity contribution in [2.75, 3.05) is 26.3 Å². The number of amides is 2. The molecule has 3 N–H and O–H groups in total. The highest BCUT2D eigenvalue weighted by molar-refractivity contribution is 5.84. The van der Waals surface area contributed by atoms with E-state index in [0.717, 1.165) is 11.3 Å². The van der Waals surface area contributed by atoms with Gasteiger partial charge in [-0.1, -0.05) is 0 Å². The Balaban J connectivity index is 2.64. The summed E-state index contributed by atoms with van der Waals surface area (Å²) in [5.74, 6) is -2.53. The Morgan fingerprint density at radius 2 is 1.84 bits per heavy atom. The minimum atomic E-state index is -1.26. The number of nitrogens with one attached hydrogen (secondary N) is 1. The van der Waals surface area contributed by atoms with Gasteiger partial charge in [0.2, 0.25) is 0 Å². The van der Waals surface area contributed by atoms with Crippen LogP contribution >= 0.6 is 0 Å². The topological polar surface area (TPSA) is 116 Å². The number of carboxylic acids is 2. The van der Waals surface area contributed by atoms with Crippen LogP contribution in [0, 0.1) is 0 Å². The summed E-state index contributed by atoms with van der Waals surface area (Å²) in [7, 11) is 0. The molecule has 2 amide bonds. The third-order valence-electron chi connectivity index (χ3n) is 2.79. The fourth-order valence-corrected chi connectivity index (χ4v) is 1.90. The molecule has 19 heavy (non-hydrogen) atoms. The first-order chi connectivity index (χ1) is 8.82. The molecule has 0 aliphatic carbocycles. The third kappa shape index (κ3) is 5.12. The third-order valence-corrected chi connectivity index (χ3v) is 2.79. The lowest BCUT2D eigenvalue weighted by Crippen LogP contribution is -2.56. The predicted molar refractivity (Wildman–Crippen MR) is 63.8 cm³/mol. The first-order valence-electron chi connectivity index (χ1n) is 5.91. The van der Waals surface area contributed by atoms with Crippen molar-refractivity contribution >= 4 is 18.0 Å². The second-order valence-corrected chi connectivity index (χ2v) is 4.79. The van der Waals surface area contributed by atoms with Crippen LogP contribution in [0.4, 0.5) is 4.79 Å². The van der Waals surface area contributed by atoms with Gasteiger partial charge < -0.3 is 25.2 Å². The number of carbonyl (C=O) groups excluding carboxylic acids is 1. The number of ether oxygens (including phenoxy) is 1. The zero-order chi connectivity index (χ0) is 14.5. The molecule has 1 aliphatic rings. The van der Waals surface area contributed by atoms with Gasteiger partial charge in [0.05, 0.1) is 12.1 Å². The lowest BCUT2D eigenvalue weighted by molar-refractivity contribution is -0.140. The van der Waals surface area contributed by atoms with Crippen molar-refractivity contribution in [3.8, 4) is 0 Å². The van der Waals surface area contributed by atoms with Gasteiger partial charge in [-0.25, -0.2) is 4.79 Å². The van der Waals surface area contributed by atoms with Crippen molar-refractivity contribution in [2.24, 2.45) is 0 Å². The van der Waals surface area contributed by atoms with E-state index in [-0.39, 0.29) is 0 Å². The molecule has 1 heterocycles. The van der Waals surface area contributed by atoms with Crippen LogP contribution in [-0.2, 0) is 14.3 Å². The van der Waals surface area contributed by atoms with Crippen molar-refractivity contribution in [3.05, 3.63) is 0 Å². The molecule has 8 heteroatoms. The van der Waals surface area contributed by atoms with E-state index >= 15 is 0 Å². The van der Waals surface area contributed by atoms with E-state index in [1.807, 2.05) is 0 Å². The van der Waals surface area contributed by atoms with Crippen molar-refractivity contribution < 1.29 is 29.3 Å². The van der Waals surface area contributed by atoms with Crippen molar-refractivity contribution in [3.63, 3.8) is 0 Å². The van der Waals surface area contributed by atoms with Gasteiger partial charge in [0.25, 0.3) is 0 Å². The summed E-state index contributed by atoms with van der Waals surface area (Å²) in [5, 5.41) is 20.0. The minimum absolute atomic E-state index is 0.326. The highest BCUT2D eigenvalue weighted by Crippen LogP contribution is 2.18. The molecule has 8 nitrogen and oxygen atoms in total. The second-order valence-electron chi connectivity index (χ2n) is 4.79. The zero-order valence-corrected chi connectivity index (χ0v) is 10.7. The summed E-state index contributed by atoms with van der Waals surface area (Å²) in [6.07, 6.45) is 1.49. The van der Waals surface area contributed by atoms with Gasteiger partial charge in [0.15, 0.2) is 0 Å². The van der Waals surface area contributed by atoms with Crippen LogP contribution < -0.4 is 5.32 Å². The molecule has 0 saturated carbocycles. The Hall–Kier alpha value is -1.83. The average Bonchev–Trinajstić information content (AvgIpc) is 2.27. The Kier molecular flexibility index (Phi) is 5.11. The van der Waals surface area contributed by atoms with E-state index in [1.165, 1.54) is 0 Å². The van der Waals surface area contributed by atoms with Gasteiger partial charge >= 0.3 is 18.0 Å². The number of aliphatic carboxylic acids is 2. The van der Waals surface area contributed by atoms with Crippen LogP contribution in [0.15, 0.2) is 0 Å². The maximum atomic E-state index is 11.9. The molecular formula is C11H18N2O6. The Morgan fingerprint density at radius 1 is 1.26 bits per heavy atom. The number of rotatable bonds is 5. The van der Waals surface area contributed by atoms with Gasteiger partial charge in [0.1, 0.15) is 13.1 Å². The molecule has 0 bridgehead atoms. The SMILES string of the molecule is CC1(NC(=O)N(CC(=O)O)CC(=O)O)CCCOC1. The summed E-state index contributed by atoms with van der Waals surface area (Å²) in [6, 6.07) is -0.710. The highest BCUT2D eigenvalue weighted by Gasteiger charge is 2.32. The Morgan fingerprint density at radius 3 is 2.26 bits per heavy atom. The number of nitrogens with zero attached hydrogens (tertiary/aromatic N) is 1. The van der Waals surface area contributed by atoms with E-state index < -0.39 is 36.6 Å². The van der Waals surface area contributed by atoms with E-state index in [9.17, 15) is 14.4 Å². The standard InChI is InChI=1S/C11H18N2O6/c1-11(3-2-4-19-7-11)12-10(18)13(5-8(14)15)6-9(16)17/h2-7H2,1H3,(H,12,18)(H,14,15)(H,16,17). The highest BCUT2D eigenvalue weighted by atomic mass is 16.5. The van der Waals surface area contributed by atoms with Gasteiger partial charge in [-0.05, 0) is 19.8 Å². The van der Waals surface area contributed by atoms with E-state index in [0.29, 0.717) is 19.6 Å². The molecule has 0 aromatic carbocycles. The molecule has 1 unspecified atom stereocenters. The fraction of sp³-hybridized carbons (Fsp3) is 0.727. The van der Waals surface area contributed by atoms with Crippen LogP contribution in [0.25, 0.3) is 0 Å². The monoisotopic (exact) mass is 274 g/mol.